The number of amides is 14. The van der Waals surface area contributed by atoms with Crippen LogP contribution in [0.5, 0.6) is 11.5 Å². The Balaban J connectivity index is 1.06. The number of carboxylic acids is 1. The summed E-state index contributed by atoms with van der Waals surface area (Å²) in [6.07, 6.45) is -4.38. The van der Waals surface area contributed by atoms with Gasteiger partial charge in [0, 0.05) is 109 Å². The smallest absolute Gasteiger partial charge is 0.306 e. The number of thioether (sulfide) groups is 1. The molecule has 0 spiro atoms. The molecule has 3 aliphatic rings. The van der Waals surface area contributed by atoms with Crippen molar-refractivity contribution in [2.75, 3.05) is 72.6 Å². The molecule has 7 aromatic rings. The molecule has 4 heterocycles. The van der Waals surface area contributed by atoms with E-state index >= 15 is 51.9 Å². The zero-order valence-electron chi connectivity index (χ0n) is 75.3. The Kier molecular flexibility index (Phi) is 37.4. The predicted octanol–water partition coefficient (Wildman–Crippen LogP) is 2.42. The average Bonchev–Trinajstić information content (AvgIpc) is 1.14. The van der Waals surface area contributed by atoms with Crippen molar-refractivity contribution in [1.29, 1.82) is 0 Å². The molecule has 36 nitrogen and oxygen atoms in total. The van der Waals surface area contributed by atoms with E-state index < -0.39 is 222 Å². The SMILES string of the molecule is CCCC[C@H]1C(=O)N2CCO[C@@H]2C(=O)N[C@@H](CC(=O)O)N[C@@H](C(C)C)C(=O)N(C)C(Cc2ccccc2)C(=O)N[C@@H](Cc2ccc(O)cc2)C(=O)N2CCC[C@@H]2C(=O)N[C@@H](Cc2c[nH]c3ccccc23)C(=O)N[C@@H](Cc2ccc(O)cc2)C(=O)N[C@@H](CCOC)C(=O)N[C@H](C(=O)NCC(N)=O)CSCC(=O)N[C@@H](Cc2cc(F)c(F)c(F)c2)C(=O)N(C)[C@@H](Cc2ccccc2)C(=O)N1C. The van der Waals surface area contributed by atoms with Gasteiger partial charge in [0.25, 0.3) is 5.91 Å². The van der Waals surface area contributed by atoms with Gasteiger partial charge in [0.2, 0.25) is 83.0 Å². The number of halogens is 3. The van der Waals surface area contributed by atoms with Crippen LogP contribution in [0.3, 0.4) is 0 Å². The fourth-order valence-corrected chi connectivity index (χ4v) is 17.2. The number of rotatable bonds is 24. The Morgan fingerprint density at radius 1 is 0.560 bits per heavy atom. The molecule has 0 saturated carbocycles. The number of aromatic nitrogens is 1. The number of H-pyrrole nitrogens is 1. The molecule has 6 aromatic carbocycles. The third-order valence-corrected chi connectivity index (χ3v) is 24.7. The Morgan fingerprint density at radius 2 is 1.10 bits per heavy atom. The van der Waals surface area contributed by atoms with Crippen LogP contribution in [-0.2, 0) is 120 Å². The largest absolute Gasteiger partial charge is 0.508 e. The number of nitrogens with zero attached hydrogens (tertiary/aromatic N) is 5. The van der Waals surface area contributed by atoms with Crippen molar-refractivity contribution < 1.29 is 110 Å². The van der Waals surface area contributed by atoms with Crippen LogP contribution in [0, 0.1) is 23.4 Å². The highest BCUT2D eigenvalue weighted by Gasteiger charge is 2.47. The van der Waals surface area contributed by atoms with E-state index in [-0.39, 0.29) is 108 Å². The molecule has 15 N–H and O–H groups in total. The number of aliphatic carboxylic acids is 1. The molecule has 1 unspecified atom stereocenters. The maximum absolute atomic E-state index is 15.8. The zero-order valence-corrected chi connectivity index (χ0v) is 76.1. The lowest BCUT2D eigenvalue weighted by molar-refractivity contribution is -0.156. The number of aromatic hydroxyl groups is 2. The Labute approximate surface area is 776 Å². The first kappa shape index (κ1) is 103. The first-order valence-electron chi connectivity index (χ1n) is 44.1. The number of likely N-dealkylation sites (N-methyl/N-ethyl adjacent to an activating group) is 3. The second-order valence-electron chi connectivity index (χ2n) is 33.7. The Bertz CT molecular complexity index is 5320. The summed E-state index contributed by atoms with van der Waals surface area (Å²) in [4.78, 5) is 232. The second kappa shape index (κ2) is 48.8. The molecule has 13 atom stereocenters. The Hall–Kier alpha value is -13.5. The number of aromatic amines is 1. The van der Waals surface area contributed by atoms with Crippen molar-refractivity contribution in [3.05, 3.63) is 203 Å². The fraction of sp³-hybridized carbons (Fsp3) is 0.436. The number of unbranched alkanes of at least 4 members (excludes halogenated alkanes) is 1. The standard InChI is InChI=1S/C94H115F3N16O20S/c1-8-9-25-73-92(130)113-37-39-133-94(113)88(126)108-77(48-79(118)119)107-81(53(2)3)93(131)110(5)74(45-54-19-12-10-13-20-54)87(125)105-70(43-57-29-33-61(115)34-30-57)90(128)112-36-18-26-72(112)86(124)104-68(47-59-49-99-65-24-17-16-23-62(59)65)85(123)103-67(42-56-27-31-60(114)32-28-56)84(122)102-66(35-38-132-7)83(121)106-71(82(120)100-50-76(98)116)51-134-52-78(117)101-69(44-58-40-63(95)80(97)64(96)41-58)89(127)111(6)75(91(129)109(73)4)46-55-21-14-11-15-22-55/h10-17,19-24,27-34,40-41,49,53,66-75,77,81,94,99,107,114-115H,8-9,18,25-26,35-39,42-48,50-52H2,1-7H3,(H2,98,116)(H,100,120)(H,101,117)(H,102,122)(H,103,123)(H,104,124)(H,105,125)(H,106,121)(H,108,126)(H,118,119)/t66-,67-,68-,69-,70-,71-,72+,73-,74?,75-,77-,81-,94+/m0/s1. The zero-order chi connectivity index (χ0) is 97.1. The summed E-state index contributed by atoms with van der Waals surface area (Å²) >= 11 is 0.661. The van der Waals surface area contributed by atoms with Gasteiger partial charge >= 0.3 is 5.97 Å². The van der Waals surface area contributed by atoms with Gasteiger partial charge in [-0.1, -0.05) is 137 Å². The molecule has 1 aromatic heterocycles. The molecule has 3 saturated heterocycles. The third-order valence-electron chi connectivity index (χ3n) is 23.6. The maximum Gasteiger partial charge on any atom is 0.306 e. The normalized spacial score (nSPS) is 23.4. The number of phenolic OH excluding ortho intramolecular Hbond substituents is 2. The summed E-state index contributed by atoms with van der Waals surface area (Å²) in [5.74, 6) is -22.4. The highest BCUT2D eigenvalue weighted by Crippen LogP contribution is 2.28. The van der Waals surface area contributed by atoms with Crippen molar-refractivity contribution in [2.24, 2.45) is 11.7 Å². The van der Waals surface area contributed by atoms with E-state index in [1.54, 1.807) is 112 Å². The van der Waals surface area contributed by atoms with Crippen LogP contribution in [0.2, 0.25) is 0 Å². The van der Waals surface area contributed by atoms with Crippen LogP contribution in [-0.4, -0.2) is 285 Å². The quantitative estimate of drug-likeness (QED) is 0.0386. The summed E-state index contributed by atoms with van der Waals surface area (Å²) in [6.45, 7) is 3.41. The van der Waals surface area contributed by atoms with Gasteiger partial charge < -0.3 is 103 Å². The number of methoxy groups -OCH3 is 1. The summed E-state index contributed by atoms with van der Waals surface area (Å²) in [5.41, 5.74) is 7.96. The first-order valence-corrected chi connectivity index (χ1v) is 45.2. The van der Waals surface area contributed by atoms with Crippen LogP contribution in [0.15, 0.2) is 152 Å². The molecule has 3 aliphatic heterocycles. The lowest BCUT2D eigenvalue weighted by atomic mass is 9.98. The molecule has 0 bridgehead atoms. The van der Waals surface area contributed by atoms with E-state index in [1.165, 1.54) is 81.7 Å². The van der Waals surface area contributed by atoms with Crippen molar-refractivity contribution in [1.82, 2.24) is 77.3 Å². The number of hydrogen-bond acceptors (Lipinski definition) is 21. The van der Waals surface area contributed by atoms with E-state index in [2.05, 4.69) is 52.8 Å². The molecule has 718 valence electrons. The average molecular weight is 1880 g/mol. The monoisotopic (exact) mass is 1880 g/mol. The lowest BCUT2D eigenvalue weighted by Crippen LogP contribution is -2.63. The summed E-state index contributed by atoms with van der Waals surface area (Å²) in [7, 11) is 5.08. The number of para-hydroxylation sites is 1. The van der Waals surface area contributed by atoms with Gasteiger partial charge in [-0.2, -0.15) is 0 Å². The van der Waals surface area contributed by atoms with Gasteiger partial charge in [-0.25, -0.2) is 13.2 Å². The second-order valence-corrected chi connectivity index (χ2v) is 34.7. The van der Waals surface area contributed by atoms with Gasteiger partial charge in [0.15, 0.2) is 17.5 Å². The van der Waals surface area contributed by atoms with Crippen LogP contribution in [0.1, 0.15) is 99.1 Å². The van der Waals surface area contributed by atoms with Crippen LogP contribution >= 0.6 is 11.8 Å². The number of primary amides is 1. The first-order chi connectivity index (χ1) is 64.0. The Morgan fingerprint density at radius 3 is 1.70 bits per heavy atom. The summed E-state index contributed by atoms with van der Waals surface area (Å²) < 4.78 is 56.4. The number of ether oxygens (including phenoxy) is 2. The van der Waals surface area contributed by atoms with Gasteiger partial charge in [0.05, 0.1) is 37.5 Å². The van der Waals surface area contributed by atoms with Gasteiger partial charge in [0.1, 0.15) is 71.9 Å². The number of hydrogen-bond donors (Lipinski definition) is 14. The van der Waals surface area contributed by atoms with Crippen LogP contribution < -0.4 is 53.6 Å². The van der Waals surface area contributed by atoms with E-state index in [0.717, 1.165) is 19.6 Å². The van der Waals surface area contributed by atoms with Gasteiger partial charge in [-0.05, 0) is 107 Å². The number of fused-ring (bicyclic) bond motifs is 3. The minimum atomic E-state index is -1.88. The van der Waals surface area contributed by atoms with Crippen molar-refractivity contribution >= 4 is 111 Å². The number of carbonyl (C=O) groups is 15. The summed E-state index contributed by atoms with van der Waals surface area (Å²) in [6, 6.07) is 18.8. The lowest BCUT2D eigenvalue weighted by Gasteiger charge is -2.37. The van der Waals surface area contributed by atoms with Crippen molar-refractivity contribution in [3.8, 4) is 11.5 Å². The number of carbonyl (C=O) groups excluding carboxylic acids is 14. The molecule has 0 aliphatic carbocycles. The van der Waals surface area contributed by atoms with E-state index in [0.29, 0.717) is 69.0 Å². The highest BCUT2D eigenvalue weighted by molar-refractivity contribution is 8.00. The highest BCUT2D eigenvalue weighted by atomic mass is 32.2. The third kappa shape index (κ3) is 28.1. The minimum absolute atomic E-state index is 0.00652. The van der Waals surface area contributed by atoms with Crippen LogP contribution in [0.25, 0.3) is 10.9 Å². The van der Waals surface area contributed by atoms with Gasteiger partial charge in [-0.3, -0.25) is 77.2 Å². The fourth-order valence-electron chi connectivity index (χ4n) is 16.3. The van der Waals surface area contributed by atoms with Crippen LogP contribution in [0.4, 0.5) is 13.2 Å². The number of carboxylic acid groups (broad SMARTS) is 1. The van der Waals surface area contributed by atoms with E-state index in [4.69, 9.17) is 15.2 Å². The van der Waals surface area contributed by atoms with Crippen molar-refractivity contribution in [2.45, 2.75) is 183 Å². The van der Waals surface area contributed by atoms with E-state index in [9.17, 15) is 48.5 Å². The molecule has 3 fully saturated rings. The van der Waals surface area contributed by atoms with E-state index in [1.807, 2.05) is 0 Å². The molecule has 14 amide bonds. The number of benzene rings is 6. The topological polar surface area (TPSA) is 501 Å². The molecular weight excluding hydrogens is 1760 g/mol. The molecular formula is C94H115F3N16O20S. The van der Waals surface area contributed by atoms with Crippen molar-refractivity contribution in [3.63, 3.8) is 0 Å². The summed E-state index contributed by atoms with van der Waals surface area (Å²) in [5, 5.41) is 56.2. The number of phenols is 2. The maximum atomic E-state index is 15.8. The predicted molar refractivity (Wildman–Crippen MR) is 485 cm³/mol. The van der Waals surface area contributed by atoms with Gasteiger partial charge in [-0.15, -0.1) is 11.8 Å². The molecule has 40 heteroatoms. The minimum Gasteiger partial charge on any atom is -0.508 e. The number of nitrogens with two attached hydrogens (primary N) is 1. The number of nitrogens with one attached hydrogen (secondary N) is 10. The molecule has 10 rings (SSSR count). The molecule has 0 radical (unpaired) electrons. The molecule has 134 heavy (non-hydrogen) atoms.